The van der Waals surface area contributed by atoms with Crippen LogP contribution in [0.25, 0.3) is 0 Å². The van der Waals surface area contributed by atoms with Gasteiger partial charge in [-0.1, -0.05) is 0 Å². The SMILES string of the molecule is O=S(=O)(O)C=CN1CCN(CCO)CC1.[NaH]. The molecule has 1 aliphatic heterocycles. The van der Waals surface area contributed by atoms with Crippen LogP contribution in [0.1, 0.15) is 0 Å². The zero-order chi connectivity index (χ0) is 11.3. The summed E-state index contributed by atoms with van der Waals surface area (Å²) in [4.78, 5) is 3.92. The van der Waals surface area contributed by atoms with E-state index in [-0.39, 0.29) is 36.2 Å². The van der Waals surface area contributed by atoms with Crippen molar-refractivity contribution in [2.45, 2.75) is 0 Å². The molecule has 0 amide bonds. The van der Waals surface area contributed by atoms with E-state index in [0.29, 0.717) is 19.6 Å². The number of piperazine rings is 1. The third-order valence-corrected chi connectivity index (χ3v) is 2.73. The molecule has 0 radical (unpaired) electrons. The maximum atomic E-state index is 10.4. The number of β-amino-alcohol motifs (C(OH)–C–C–N with tert-alkyl or cyclic N) is 1. The third-order valence-electron chi connectivity index (χ3n) is 2.27. The Hall–Kier alpha value is 0.370. The van der Waals surface area contributed by atoms with Crippen LogP contribution in [0.5, 0.6) is 0 Å². The molecule has 8 heteroatoms. The van der Waals surface area contributed by atoms with E-state index in [0.717, 1.165) is 18.5 Å². The van der Waals surface area contributed by atoms with Crippen molar-refractivity contribution in [2.24, 2.45) is 0 Å². The molecule has 16 heavy (non-hydrogen) atoms. The topological polar surface area (TPSA) is 81.1 Å². The van der Waals surface area contributed by atoms with E-state index >= 15 is 0 Å². The summed E-state index contributed by atoms with van der Waals surface area (Å²) in [5, 5.41) is 9.50. The monoisotopic (exact) mass is 260 g/mol. The minimum absolute atomic E-state index is 0. The van der Waals surface area contributed by atoms with Crippen LogP contribution in [0.2, 0.25) is 0 Å². The summed E-state index contributed by atoms with van der Waals surface area (Å²) in [6, 6.07) is 0. The van der Waals surface area contributed by atoms with Gasteiger partial charge in [0.2, 0.25) is 0 Å². The standard InChI is InChI=1S/C8H16N2O4S.Na.H/c11-7-5-9-1-3-10(4-2-9)6-8-15(12,13)14;;/h6,8,11H,1-5,7H2,(H,12,13,14);;. The molecule has 1 heterocycles. The Morgan fingerprint density at radius 2 is 1.75 bits per heavy atom. The van der Waals surface area contributed by atoms with E-state index < -0.39 is 10.1 Å². The van der Waals surface area contributed by atoms with E-state index in [4.69, 9.17) is 9.66 Å². The molecule has 0 aromatic carbocycles. The van der Waals surface area contributed by atoms with Gasteiger partial charge >= 0.3 is 29.6 Å². The van der Waals surface area contributed by atoms with Gasteiger partial charge in [-0.05, 0) is 0 Å². The van der Waals surface area contributed by atoms with Crippen molar-refractivity contribution in [3.8, 4) is 0 Å². The quantitative estimate of drug-likeness (QED) is 0.463. The zero-order valence-electron chi connectivity index (χ0n) is 8.41. The van der Waals surface area contributed by atoms with Crippen molar-refractivity contribution in [1.82, 2.24) is 9.80 Å². The molecule has 0 aromatic rings. The van der Waals surface area contributed by atoms with Gasteiger partial charge in [0.15, 0.2) is 0 Å². The van der Waals surface area contributed by atoms with Gasteiger partial charge in [0.25, 0.3) is 10.1 Å². The molecule has 0 aromatic heterocycles. The van der Waals surface area contributed by atoms with Crippen molar-refractivity contribution < 1.29 is 18.1 Å². The minimum atomic E-state index is -4.02. The third kappa shape index (κ3) is 6.85. The predicted octanol–water partition coefficient (Wildman–Crippen LogP) is -1.69. The summed E-state index contributed by atoms with van der Waals surface area (Å²) >= 11 is 0. The van der Waals surface area contributed by atoms with Crippen LogP contribution in [0.4, 0.5) is 0 Å². The fraction of sp³-hybridized carbons (Fsp3) is 0.750. The summed E-state index contributed by atoms with van der Waals surface area (Å²) < 4.78 is 29.4. The number of aliphatic hydroxyl groups excluding tert-OH is 1. The van der Waals surface area contributed by atoms with Crippen LogP contribution in [-0.2, 0) is 10.1 Å². The molecule has 2 N–H and O–H groups in total. The van der Waals surface area contributed by atoms with E-state index in [9.17, 15) is 8.42 Å². The Morgan fingerprint density at radius 3 is 2.19 bits per heavy atom. The molecule has 0 atom stereocenters. The first kappa shape index (κ1) is 16.4. The van der Waals surface area contributed by atoms with Crippen molar-refractivity contribution in [3.63, 3.8) is 0 Å². The fourth-order valence-corrected chi connectivity index (χ4v) is 1.77. The Kier molecular flexibility index (Phi) is 7.83. The predicted molar refractivity (Wildman–Crippen MR) is 62.9 cm³/mol. The van der Waals surface area contributed by atoms with Crippen molar-refractivity contribution in [3.05, 3.63) is 11.6 Å². The maximum absolute atomic E-state index is 10.4. The molecular formula is C8H17N2NaO4S. The molecule has 0 saturated carbocycles. The average molecular weight is 260 g/mol. The summed E-state index contributed by atoms with van der Waals surface area (Å²) in [6.07, 6.45) is 1.38. The summed E-state index contributed by atoms with van der Waals surface area (Å²) in [6.45, 7) is 3.77. The van der Waals surface area contributed by atoms with Gasteiger partial charge in [0.1, 0.15) is 0 Å². The summed E-state index contributed by atoms with van der Waals surface area (Å²) in [5.74, 6) is 0. The Labute approximate surface area is 118 Å². The summed E-state index contributed by atoms with van der Waals surface area (Å²) in [5.41, 5.74) is 0. The van der Waals surface area contributed by atoms with Gasteiger partial charge in [-0.15, -0.1) is 0 Å². The van der Waals surface area contributed by atoms with Crippen LogP contribution in [0.15, 0.2) is 11.6 Å². The van der Waals surface area contributed by atoms with Crippen molar-refractivity contribution >= 4 is 39.7 Å². The Bertz CT molecular complexity index is 312. The van der Waals surface area contributed by atoms with Crippen LogP contribution in [0.3, 0.4) is 0 Å². The van der Waals surface area contributed by atoms with Gasteiger partial charge in [0.05, 0.1) is 12.0 Å². The molecule has 1 rings (SSSR count). The molecule has 0 bridgehead atoms. The molecule has 0 aliphatic carbocycles. The molecule has 1 saturated heterocycles. The second-order valence-electron chi connectivity index (χ2n) is 3.40. The fourth-order valence-electron chi connectivity index (χ4n) is 1.44. The van der Waals surface area contributed by atoms with Crippen LogP contribution in [0, 0.1) is 0 Å². The first-order valence-corrected chi connectivity index (χ1v) is 6.24. The Balaban J connectivity index is 0.00000225. The number of nitrogens with zero attached hydrogens (tertiary/aromatic N) is 2. The molecule has 6 nitrogen and oxygen atoms in total. The van der Waals surface area contributed by atoms with Crippen molar-refractivity contribution in [2.75, 3.05) is 39.3 Å². The normalized spacial score (nSPS) is 18.8. The second-order valence-corrected chi connectivity index (χ2v) is 4.70. The second kappa shape index (κ2) is 7.65. The van der Waals surface area contributed by atoms with Crippen LogP contribution < -0.4 is 0 Å². The first-order valence-electron chi connectivity index (χ1n) is 4.74. The number of rotatable bonds is 4. The van der Waals surface area contributed by atoms with Crippen LogP contribution >= 0.6 is 0 Å². The molecule has 1 aliphatic rings. The van der Waals surface area contributed by atoms with E-state index in [2.05, 4.69) is 4.90 Å². The summed E-state index contributed by atoms with van der Waals surface area (Å²) in [7, 11) is -4.02. The first-order chi connectivity index (χ1) is 7.01. The molecule has 0 unspecified atom stereocenters. The molecular weight excluding hydrogens is 243 g/mol. The molecule has 0 spiro atoms. The average Bonchev–Trinajstić information content (AvgIpc) is 2.16. The zero-order valence-corrected chi connectivity index (χ0v) is 9.23. The van der Waals surface area contributed by atoms with Gasteiger partial charge in [-0.2, -0.15) is 8.42 Å². The Morgan fingerprint density at radius 1 is 1.19 bits per heavy atom. The molecule has 90 valence electrons. The van der Waals surface area contributed by atoms with E-state index in [1.807, 2.05) is 4.90 Å². The van der Waals surface area contributed by atoms with Gasteiger partial charge in [-0.25, -0.2) is 0 Å². The van der Waals surface area contributed by atoms with E-state index in [1.165, 1.54) is 6.20 Å². The van der Waals surface area contributed by atoms with Crippen LogP contribution in [-0.4, -0.2) is 96.8 Å². The van der Waals surface area contributed by atoms with Gasteiger partial charge < -0.3 is 10.0 Å². The number of hydrogen-bond acceptors (Lipinski definition) is 5. The van der Waals surface area contributed by atoms with Crippen molar-refractivity contribution in [1.29, 1.82) is 0 Å². The molecule has 1 fully saturated rings. The number of hydrogen-bond donors (Lipinski definition) is 2. The van der Waals surface area contributed by atoms with E-state index in [1.54, 1.807) is 0 Å². The number of aliphatic hydroxyl groups is 1. The van der Waals surface area contributed by atoms with Gasteiger partial charge in [0, 0.05) is 38.9 Å². The van der Waals surface area contributed by atoms with Gasteiger partial charge in [-0.3, -0.25) is 9.45 Å².